The summed E-state index contributed by atoms with van der Waals surface area (Å²) in [5, 5.41) is 13.3. The molecule has 1 unspecified atom stereocenters. The van der Waals surface area contributed by atoms with E-state index in [1.54, 1.807) is 0 Å². The summed E-state index contributed by atoms with van der Waals surface area (Å²) in [5.41, 5.74) is 2.76. The van der Waals surface area contributed by atoms with Gasteiger partial charge in [-0.1, -0.05) is 18.9 Å². The molecule has 2 aliphatic carbocycles. The second-order valence-corrected chi connectivity index (χ2v) is 5.54. The number of phenols is 1. The summed E-state index contributed by atoms with van der Waals surface area (Å²) in [6.07, 6.45) is 8.96. The van der Waals surface area contributed by atoms with E-state index in [4.69, 9.17) is 0 Å². The van der Waals surface area contributed by atoms with E-state index in [0.717, 1.165) is 18.9 Å². The molecule has 1 aromatic rings. The van der Waals surface area contributed by atoms with Gasteiger partial charge >= 0.3 is 0 Å². The number of rotatable bonds is 2. The topological polar surface area (TPSA) is 32.3 Å². The fourth-order valence-corrected chi connectivity index (χ4v) is 3.31. The van der Waals surface area contributed by atoms with Crippen molar-refractivity contribution in [2.45, 2.75) is 57.0 Å². The Morgan fingerprint density at radius 3 is 2.65 bits per heavy atom. The van der Waals surface area contributed by atoms with Gasteiger partial charge in [0, 0.05) is 12.1 Å². The molecule has 0 saturated heterocycles. The Hall–Kier alpha value is -1.02. The Kier molecular flexibility index (Phi) is 3.06. The van der Waals surface area contributed by atoms with E-state index >= 15 is 0 Å². The lowest BCUT2D eigenvalue weighted by Gasteiger charge is -2.28. The molecule has 1 atom stereocenters. The molecule has 2 aliphatic rings. The lowest BCUT2D eigenvalue weighted by atomic mass is 9.87. The first-order valence-electron chi connectivity index (χ1n) is 6.88. The van der Waals surface area contributed by atoms with Crippen LogP contribution in [0.3, 0.4) is 0 Å². The normalized spacial score (nSPS) is 24.8. The van der Waals surface area contributed by atoms with Gasteiger partial charge in [-0.2, -0.15) is 0 Å². The molecule has 2 nitrogen and oxygen atoms in total. The van der Waals surface area contributed by atoms with Crippen molar-refractivity contribution in [3.05, 3.63) is 29.3 Å². The van der Waals surface area contributed by atoms with Gasteiger partial charge in [0.1, 0.15) is 5.75 Å². The smallest absolute Gasteiger partial charge is 0.115 e. The van der Waals surface area contributed by atoms with E-state index in [2.05, 4.69) is 11.4 Å². The summed E-state index contributed by atoms with van der Waals surface area (Å²) in [4.78, 5) is 0. The number of hydrogen-bond donors (Lipinski definition) is 2. The van der Waals surface area contributed by atoms with E-state index in [-0.39, 0.29) is 0 Å². The lowest BCUT2D eigenvalue weighted by molar-refractivity contribution is 0.394. The average molecular weight is 231 g/mol. The summed E-state index contributed by atoms with van der Waals surface area (Å²) in [6.45, 7) is 0. The fourth-order valence-electron chi connectivity index (χ4n) is 3.31. The Balaban J connectivity index is 1.67. The van der Waals surface area contributed by atoms with Crippen LogP contribution in [0.2, 0.25) is 0 Å². The number of aromatic hydroxyl groups is 1. The predicted molar refractivity (Wildman–Crippen MR) is 69.3 cm³/mol. The molecular weight excluding hydrogens is 210 g/mol. The molecule has 0 aliphatic heterocycles. The molecule has 0 bridgehead atoms. The van der Waals surface area contributed by atoms with Gasteiger partial charge in [0.05, 0.1) is 0 Å². The monoisotopic (exact) mass is 231 g/mol. The van der Waals surface area contributed by atoms with Crippen LogP contribution in [0.15, 0.2) is 18.2 Å². The zero-order valence-electron chi connectivity index (χ0n) is 10.3. The fraction of sp³-hybridized carbons (Fsp3) is 0.600. The van der Waals surface area contributed by atoms with E-state index < -0.39 is 0 Å². The van der Waals surface area contributed by atoms with Gasteiger partial charge in [-0.25, -0.2) is 0 Å². The van der Waals surface area contributed by atoms with Crippen molar-refractivity contribution >= 4 is 0 Å². The van der Waals surface area contributed by atoms with Crippen molar-refractivity contribution < 1.29 is 5.11 Å². The van der Waals surface area contributed by atoms with Gasteiger partial charge in [0.25, 0.3) is 0 Å². The molecule has 0 spiro atoms. The summed E-state index contributed by atoms with van der Waals surface area (Å²) in [7, 11) is 0. The highest BCUT2D eigenvalue weighted by Gasteiger charge is 2.23. The minimum atomic E-state index is 0.408. The summed E-state index contributed by atoms with van der Waals surface area (Å²) < 4.78 is 0. The third kappa shape index (κ3) is 2.47. The molecular formula is C15H21NO. The number of fused-ring (bicyclic) bond motifs is 1. The molecule has 1 aromatic carbocycles. The number of hydrogen-bond acceptors (Lipinski definition) is 2. The van der Waals surface area contributed by atoms with Gasteiger partial charge in [-0.05, 0) is 55.4 Å². The molecule has 0 amide bonds. The minimum absolute atomic E-state index is 0.408. The lowest BCUT2D eigenvalue weighted by Crippen LogP contribution is -2.40. The van der Waals surface area contributed by atoms with Gasteiger partial charge in [0.15, 0.2) is 0 Å². The molecule has 2 heteroatoms. The maximum absolute atomic E-state index is 9.54. The highest BCUT2D eigenvalue weighted by Crippen LogP contribution is 2.26. The third-order valence-corrected chi connectivity index (χ3v) is 4.24. The van der Waals surface area contributed by atoms with Crippen molar-refractivity contribution in [2.24, 2.45) is 0 Å². The zero-order valence-corrected chi connectivity index (χ0v) is 10.3. The number of aryl methyl sites for hydroxylation is 1. The van der Waals surface area contributed by atoms with E-state index in [1.807, 2.05) is 12.1 Å². The molecule has 1 saturated carbocycles. The SMILES string of the molecule is Oc1ccc2c(c1)CC(NC1CCCC1)CC2. The van der Waals surface area contributed by atoms with E-state index in [9.17, 15) is 5.11 Å². The van der Waals surface area contributed by atoms with Crippen molar-refractivity contribution in [2.75, 3.05) is 0 Å². The third-order valence-electron chi connectivity index (χ3n) is 4.24. The van der Waals surface area contributed by atoms with Gasteiger partial charge < -0.3 is 10.4 Å². The molecule has 3 rings (SSSR count). The average Bonchev–Trinajstić information content (AvgIpc) is 2.81. The van der Waals surface area contributed by atoms with Crippen LogP contribution in [0.25, 0.3) is 0 Å². The minimum Gasteiger partial charge on any atom is -0.508 e. The van der Waals surface area contributed by atoms with Crippen molar-refractivity contribution in [1.82, 2.24) is 5.32 Å². The van der Waals surface area contributed by atoms with Crippen molar-refractivity contribution in [3.63, 3.8) is 0 Å². The number of benzene rings is 1. The first-order chi connectivity index (χ1) is 8.31. The molecule has 17 heavy (non-hydrogen) atoms. The van der Waals surface area contributed by atoms with Crippen LogP contribution in [-0.2, 0) is 12.8 Å². The summed E-state index contributed by atoms with van der Waals surface area (Å²) in [6, 6.07) is 7.20. The van der Waals surface area contributed by atoms with Crippen molar-refractivity contribution in [3.8, 4) is 5.75 Å². The second kappa shape index (κ2) is 4.69. The quantitative estimate of drug-likeness (QED) is 0.820. The van der Waals surface area contributed by atoms with E-state index in [0.29, 0.717) is 11.8 Å². The maximum Gasteiger partial charge on any atom is 0.115 e. The van der Waals surface area contributed by atoms with Gasteiger partial charge in [-0.15, -0.1) is 0 Å². The Bertz CT molecular complexity index is 396. The van der Waals surface area contributed by atoms with Crippen LogP contribution in [0.4, 0.5) is 0 Å². The summed E-state index contributed by atoms with van der Waals surface area (Å²) in [5.74, 6) is 0.408. The first-order valence-corrected chi connectivity index (χ1v) is 6.88. The van der Waals surface area contributed by atoms with E-state index in [1.165, 1.54) is 43.2 Å². The zero-order chi connectivity index (χ0) is 11.7. The van der Waals surface area contributed by atoms with Crippen LogP contribution in [0, 0.1) is 0 Å². The molecule has 0 aromatic heterocycles. The molecule has 92 valence electrons. The highest BCUT2D eigenvalue weighted by atomic mass is 16.3. The largest absolute Gasteiger partial charge is 0.508 e. The second-order valence-electron chi connectivity index (χ2n) is 5.54. The van der Waals surface area contributed by atoms with Crippen LogP contribution in [0.5, 0.6) is 5.75 Å². The number of phenolic OH excluding ortho intramolecular Hbond substituents is 1. The van der Waals surface area contributed by atoms with Crippen LogP contribution >= 0.6 is 0 Å². The maximum atomic E-state index is 9.54. The first kappa shape index (κ1) is 11.1. The molecule has 0 heterocycles. The molecule has 1 fully saturated rings. The van der Waals surface area contributed by atoms with Crippen LogP contribution in [-0.4, -0.2) is 17.2 Å². The number of nitrogens with one attached hydrogen (secondary N) is 1. The highest BCUT2D eigenvalue weighted by molar-refractivity contribution is 5.37. The molecule has 2 N–H and O–H groups in total. The Morgan fingerprint density at radius 1 is 1.00 bits per heavy atom. The Labute approximate surface area is 103 Å². The van der Waals surface area contributed by atoms with Crippen LogP contribution in [0.1, 0.15) is 43.2 Å². The standard InChI is InChI=1S/C15H21NO/c17-15-8-6-11-5-7-14(9-12(11)10-15)16-13-3-1-2-4-13/h6,8,10,13-14,16-17H,1-5,7,9H2. The predicted octanol–water partition coefficient (Wildman–Crippen LogP) is 2.78. The van der Waals surface area contributed by atoms with Crippen molar-refractivity contribution in [1.29, 1.82) is 0 Å². The van der Waals surface area contributed by atoms with Crippen LogP contribution < -0.4 is 5.32 Å². The summed E-state index contributed by atoms with van der Waals surface area (Å²) >= 11 is 0. The Morgan fingerprint density at radius 2 is 1.82 bits per heavy atom. The van der Waals surface area contributed by atoms with Gasteiger partial charge in [-0.3, -0.25) is 0 Å². The molecule has 0 radical (unpaired) electrons. The van der Waals surface area contributed by atoms with Gasteiger partial charge in [0.2, 0.25) is 0 Å².